The Kier molecular flexibility index (Phi) is 7.23. The topological polar surface area (TPSA) is 85.2 Å². The number of carbonyl (C=O) groups excluding carboxylic acids is 2. The van der Waals surface area contributed by atoms with E-state index in [0.717, 1.165) is 19.4 Å². The second-order valence-corrected chi connectivity index (χ2v) is 6.52. The van der Waals surface area contributed by atoms with Crippen LogP contribution in [0.3, 0.4) is 0 Å². The molecule has 0 unspecified atom stereocenters. The minimum absolute atomic E-state index is 0. The first-order chi connectivity index (χ1) is 10.8. The van der Waals surface area contributed by atoms with Gasteiger partial charge < -0.3 is 15.4 Å². The third-order valence-electron chi connectivity index (χ3n) is 4.19. The van der Waals surface area contributed by atoms with Crippen LogP contribution in [-0.4, -0.2) is 40.9 Å². The highest BCUT2D eigenvalue weighted by molar-refractivity contribution is 5.92. The summed E-state index contributed by atoms with van der Waals surface area (Å²) in [6.07, 6.45) is 4.88. The molecule has 2 rings (SSSR count). The molecule has 2 N–H and O–H groups in total. The van der Waals surface area contributed by atoms with Gasteiger partial charge in [-0.15, -0.1) is 12.4 Å². The number of carbonyl (C=O) groups is 2. The highest BCUT2D eigenvalue weighted by atomic mass is 35.5. The van der Waals surface area contributed by atoms with Gasteiger partial charge in [0.2, 0.25) is 5.91 Å². The normalized spacial score (nSPS) is 20.8. The number of halogens is 1. The molecule has 1 aliphatic heterocycles. The molecule has 7 nitrogen and oxygen atoms in total. The van der Waals surface area contributed by atoms with Crippen molar-refractivity contribution in [3.63, 3.8) is 0 Å². The van der Waals surface area contributed by atoms with Gasteiger partial charge in [-0.25, -0.2) is 4.79 Å². The smallest absolute Gasteiger partial charge is 0.333 e. The van der Waals surface area contributed by atoms with Crippen LogP contribution in [0.25, 0.3) is 0 Å². The van der Waals surface area contributed by atoms with E-state index >= 15 is 0 Å². The number of hydrogen-bond acceptors (Lipinski definition) is 5. The second kappa shape index (κ2) is 8.48. The molecule has 2 heterocycles. The molecule has 1 saturated heterocycles. The van der Waals surface area contributed by atoms with Gasteiger partial charge in [-0.1, -0.05) is 0 Å². The Balaban J connectivity index is 0.00000288. The Morgan fingerprint density at radius 2 is 2.21 bits per heavy atom. The van der Waals surface area contributed by atoms with E-state index in [9.17, 15) is 9.59 Å². The van der Waals surface area contributed by atoms with E-state index in [1.165, 1.54) is 4.68 Å². The van der Waals surface area contributed by atoms with Crippen LogP contribution in [0.1, 0.15) is 40.5 Å². The van der Waals surface area contributed by atoms with Crippen molar-refractivity contribution < 1.29 is 14.3 Å². The molecular weight excluding hydrogens is 332 g/mol. The van der Waals surface area contributed by atoms with Gasteiger partial charge in [-0.3, -0.25) is 9.48 Å². The molecule has 1 fully saturated rings. The lowest BCUT2D eigenvalue weighted by molar-refractivity contribution is -0.152. The van der Waals surface area contributed by atoms with Crippen LogP contribution in [0.15, 0.2) is 12.4 Å². The third kappa shape index (κ3) is 4.70. The predicted molar refractivity (Wildman–Crippen MR) is 94.2 cm³/mol. The van der Waals surface area contributed by atoms with Crippen molar-refractivity contribution in [2.24, 2.45) is 5.92 Å². The zero-order valence-electron chi connectivity index (χ0n) is 14.7. The predicted octanol–water partition coefficient (Wildman–Crippen LogP) is 1.93. The van der Waals surface area contributed by atoms with Crippen molar-refractivity contribution >= 4 is 30.0 Å². The largest absolute Gasteiger partial charge is 0.464 e. The Hall–Kier alpha value is -1.60. The second-order valence-electron chi connectivity index (χ2n) is 6.52. The number of aromatic nitrogens is 2. The molecule has 0 aliphatic carbocycles. The Labute approximate surface area is 148 Å². The summed E-state index contributed by atoms with van der Waals surface area (Å²) in [5, 5.41) is 10.4. The molecule has 24 heavy (non-hydrogen) atoms. The van der Waals surface area contributed by atoms with Gasteiger partial charge in [0.15, 0.2) is 5.54 Å². The lowest BCUT2D eigenvalue weighted by Gasteiger charge is -2.26. The van der Waals surface area contributed by atoms with Crippen molar-refractivity contribution in [1.82, 2.24) is 15.1 Å². The van der Waals surface area contributed by atoms with Crippen LogP contribution in [0, 0.1) is 5.92 Å². The lowest BCUT2D eigenvalue weighted by atomic mass is 9.92. The summed E-state index contributed by atoms with van der Waals surface area (Å²) in [4.78, 5) is 24.3. The Morgan fingerprint density at radius 3 is 2.83 bits per heavy atom. The first-order valence-corrected chi connectivity index (χ1v) is 8.11. The number of esters is 1. The van der Waals surface area contributed by atoms with E-state index in [0.29, 0.717) is 18.3 Å². The SMILES string of the molecule is CCOC(=O)C(C)(C)n1cc(NC(=O)[C@H]2CCN[C@@H](C)C2)cn1.Cl. The molecule has 0 spiro atoms. The van der Waals surface area contributed by atoms with Crippen molar-refractivity contribution in [3.05, 3.63) is 12.4 Å². The molecule has 1 aromatic heterocycles. The van der Waals surface area contributed by atoms with E-state index < -0.39 is 5.54 Å². The average Bonchev–Trinajstić information content (AvgIpc) is 2.96. The van der Waals surface area contributed by atoms with E-state index in [-0.39, 0.29) is 30.2 Å². The Morgan fingerprint density at radius 1 is 1.50 bits per heavy atom. The van der Waals surface area contributed by atoms with Gasteiger partial charge in [0.05, 0.1) is 18.5 Å². The van der Waals surface area contributed by atoms with Crippen LogP contribution < -0.4 is 10.6 Å². The maximum Gasteiger partial charge on any atom is 0.333 e. The van der Waals surface area contributed by atoms with Crippen molar-refractivity contribution in [3.8, 4) is 0 Å². The maximum absolute atomic E-state index is 12.3. The monoisotopic (exact) mass is 358 g/mol. The minimum Gasteiger partial charge on any atom is -0.464 e. The first-order valence-electron chi connectivity index (χ1n) is 8.11. The number of amides is 1. The number of rotatable bonds is 5. The molecule has 0 saturated carbocycles. The molecular formula is C16H27ClN4O3. The number of nitrogens with zero attached hydrogens (tertiary/aromatic N) is 2. The van der Waals surface area contributed by atoms with E-state index in [4.69, 9.17) is 4.74 Å². The molecule has 1 aliphatic rings. The quantitative estimate of drug-likeness (QED) is 0.785. The van der Waals surface area contributed by atoms with E-state index in [1.54, 1.807) is 33.2 Å². The fourth-order valence-corrected chi connectivity index (χ4v) is 2.71. The minimum atomic E-state index is -0.914. The van der Waals surface area contributed by atoms with Crippen LogP contribution in [0.5, 0.6) is 0 Å². The van der Waals surface area contributed by atoms with Crippen molar-refractivity contribution in [1.29, 1.82) is 0 Å². The summed E-state index contributed by atoms with van der Waals surface area (Å²) in [6, 6.07) is 0.352. The van der Waals surface area contributed by atoms with Gasteiger partial charge in [-0.05, 0) is 47.1 Å². The van der Waals surface area contributed by atoms with Crippen LogP contribution in [0.4, 0.5) is 5.69 Å². The summed E-state index contributed by atoms with van der Waals surface area (Å²) < 4.78 is 6.58. The van der Waals surface area contributed by atoms with Gasteiger partial charge >= 0.3 is 5.97 Å². The first kappa shape index (κ1) is 20.4. The van der Waals surface area contributed by atoms with Crippen LogP contribution >= 0.6 is 12.4 Å². The number of hydrogen-bond donors (Lipinski definition) is 2. The maximum atomic E-state index is 12.3. The summed E-state index contributed by atoms with van der Waals surface area (Å²) >= 11 is 0. The van der Waals surface area contributed by atoms with Gasteiger partial charge in [0.1, 0.15) is 0 Å². The lowest BCUT2D eigenvalue weighted by Crippen LogP contribution is -2.40. The van der Waals surface area contributed by atoms with E-state index in [1.807, 2.05) is 0 Å². The fourth-order valence-electron chi connectivity index (χ4n) is 2.71. The zero-order chi connectivity index (χ0) is 17.0. The summed E-state index contributed by atoms with van der Waals surface area (Å²) in [6.45, 7) is 8.49. The molecule has 0 aromatic carbocycles. The number of piperidine rings is 1. The number of nitrogens with one attached hydrogen (secondary N) is 2. The van der Waals surface area contributed by atoms with Crippen molar-refractivity contribution in [2.45, 2.75) is 52.1 Å². The van der Waals surface area contributed by atoms with Crippen molar-refractivity contribution in [2.75, 3.05) is 18.5 Å². The average molecular weight is 359 g/mol. The fraction of sp³-hybridized carbons (Fsp3) is 0.688. The standard InChI is InChI=1S/C16H26N4O3.ClH/c1-5-23-15(22)16(3,4)20-10-13(9-18-20)19-14(21)12-6-7-17-11(2)8-12;/h9-12,17H,5-8H2,1-4H3,(H,19,21);1H/t11-,12-;/m0./s1. The highest BCUT2D eigenvalue weighted by Gasteiger charge is 2.32. The molecule has 0 radical (unpaired) electrons. The highest BCUT2D eigenvalue weighted by Crippen LogP contribution is 2.21. The molecule has 136 valence electrons. The molecule has 8 heteroatoms. The summed E-state index contributed by atoms with van der Waals surface area (Å²) in [5.74, 6) is -0.340. The van der Waals surface area contributed by atoms with Crippen LogP contribution in [0.2, 0.25) is 0 Å². The summed E-state index contributed by atoms with van der Waals surface area (Å²) in [7, 11) is 0. The van der Waals surface area contributed by atoms with Gasteiger partial charge in [-0.2, -0.15) is 5.10 Å². The number of ether oxygens (including phenoxy) is 1. The zero-order valence-corrected chi connectivity index (χ0v) is 15.5. The molecule has 1 aromatic rings. The molecule has 2 atom stereocenters. The summed E-state index contributed by atoms with van der Waals surface area (Å²) in [5.41, 5.74) is -0.319. The van der Waals surface area contributed by atoms with Gasteiger partial charge in [0, 0.05) is 18.2 Å². The molecule has 0 bridgehead atoms. The number of anilines is 1. The molecule has 1 amide bonds. The Bertz CT molecular complexity index is 573. The van der Waals surface area contributed by atoms with Gasteiger partial charge in [0.25, 0.3) is 0 Å². The third-order valence-corrected chi connectivity index (χ3v) is 4.19. The van der Waals surface area contributed by atoms with E-state index in [2.05, 4.69) is 22.7 Å². The van der Waals surface area contributed by atoms with Crippen LogP contribution in [-0.2, 0) is 19.9 Å².